The molecule has 0 spiro atoms. The minimum absolute atomic E-state index is 0.00562. The Morgan fingerprint density at radius 1 is 1.16 bits per heavy atom. The van der Waals surface area contributed by atoms with Crippen LogP contribution in [-0.4, -0.2) is 45.2 Å². The number of amides is 2. The van der Waals surface area contributed by atoms with Gasteiger partial charge in [-0.25, -0.2) is 0 Å². The van der Waals surface area contributed by atoms with E-state index >= 15 is 0 Å². The molecule has 2 N–H and O–H groups in total. The van der Waals surface area contributed by atoms with Crippen molar-refractivity contribution >= 4 is 23.2 Å². The zero-order valence-corrected chi connectivity index (χ0v) is 20.1. The summed E-state index contributed by atoms with van der Waals surface area (Å²) in [5.41, 5.74) is 2.45. The summed E-state index contributed by atoms with van der Waals surface area (Å²) < 4.78 is 5.07. The standard InChI is InChI=1S/C25H41N3O3/c1-19(18-25(2,3)4)16-23(29)27-20-10-11-22(28-13-7-6-8-14-28)21(17-20)24(30)26-12-9-15-31-5/h10-11,17,19H,6-9,12-16,18H2,1-5H3,(H,26,30)(H,27,29). The summed E-state index contributed by atoms with van der Waals surface area (Å²) in [6, 6.07) is 5.71. The van der Waals surface area contributed by atoms with Gasteiger partial charge in [0, 0.05) is 51.1 Å². The molecule has 1 fully saturated rings. The van der Waals surface area contributed by atoms with Gasteiger partial charge in [0.05, 0.1) is 5.56 Å². The van der Waals surface area contributed by atoms with Crippen LogP contribution in [0.5, 0.6) is 0 Å². The van der Waals surface area contributed by atoms with E-state index < -0.39 is 0 Å². The van der Waals surface area contributed by atoms with Crippen LogP contribution >= 0.6 is 0 Å². The van der Waals surface area contributed by atoms with E-state index in [1.54, 1.807) is 7.11 Å². The fourth-order valence-electron chi connectivity index (χ4n) is 4.37. The molecular weight excluding hydrogens is 390 g/mol. The molecule has 2 rings (SSSR count). The molecule has 0 aliphatic carbocycles. The van der Waals surface area contributed by atoms with Gasteiger partial charge in [0.1, 0.15) is 0 Å². The van der Waals surface area contributed by atoms with Gasteiger partial charge in [-0.2, -0.15) is 0 Å². The van der Waals surface area contributed by atoms with E-state index in [-0.39, 0.29) is 17.2 Å². The Labute approximate surface area is 188 Å². The second-order valence-corrected chi connectivity index (χ2v) is 10.0. The molecule has 1 atom stereocenters. The summed E-state index contributed by atoms with van der Waals surface area (Å²) in [5, 5.41) is 6.00. The lowest BCUT2D eigenvalue weighted by Gasteiger charge is -2.30. The Balaban J connectivity index is 2.11. The topological polar surface area (TPSA) is 70.7 Å². The molecule has 1 aromatic rings. The highest BCUT2D eigenvalue weighted by Gasteiger charge is 2.21. The second-order valence-electron chi connectivity index (χ2n) is 10.0. The van der Waals surface area contributed by atoms with E-state index in [1.807, 2.05) is 18.2 Å². The van der Waals surface area contributed by atoms with E-state index in [1.165, 1.54) is 6.42 Å². The molecule has 1 aliphatic heterocycles. The van der Waals surface area contributed by atoms with Crippen LogP contribution in [0.25, 0.3) is 0 Å². The van der Waals surface area contributed by atoms with Crippen LogP contribution in [0.4, 0.5) is 11.4 Å². The third-order valence-corrected chi connectivity index (χ3v) is 5.53. The Hall–Kier alpha value is -2.08. The number of carbonyl (C=O) groups is 2. The molecule has 6 heteroatoms. The average molecular weight is 432 g/mol. The number of anilines is 2. The van der Waals surface area contributed by atoms with Gasteiger partial charge in [0.2, 0.25) is 5.91 Å². The molecule has 1 aliphatic rings. The smallest absolute Gasteiger partial charge is 0.253 e. The molecule has 1 aromatic carbocycles. The lowest BCUT2D eigenvalue weighted by atomic mass is 9.84. The van der Waals surface area contributed by atoms with Crippen molar-refractivity contribution in [2.75, 3.05) is 43.6 Å². The summed E-state index contributed by atoms with van der Waals surface area (Å²) in [7, 11) is 1.66. The fourth-order valence-corrected chi connectivity index (χ4v) is 4.37. The zero-order valence-electron chi connectivity index (χ0n) is 20.1. The van der Waals surface area contributed by atoms with Crippen LogP contribution in [0.15, 0.2) is 18.2 Å². The number of hydrogen-bond donors (Lipinski definition) is 2. The van der Waals surface area contributed by atoms with Crippen molar-refractivity contribution in [1.82, 2.24) is 5.32 Å². The van der Waals surface area contributed by atoms with Crippen LogP contribution < -0.4 is 15.5 Å². The molecule has 1 unspecified atom stereocenters. The molecule has 1 heterocycles. The average Bonchev–Trinajstić information content (AvgIpc) is 2.70. The SMILES string of the molecule is COCCCNC(=O)c1cc(NC(=O)CC(C)CC(C)(C)C)ccc1N1CCCCC1. The Bertz CT molecular complexity index is 721. The minimum atomic E-state index is -0.103. The van der Waals surface area contributed by atoms with Gasteiger partial charge >= 0.3 is 0 Å². The maximum atomic E-state index is 13.0. The Kier molecular flexibility index (Phi) is 9.82. The summed E-state index contributed by atoms with van der Waals surface area (Å²) in [5.74, 6) is 0.193. The van der Waals surface area contributed by atoms with Gasteiger partial charge in [-0.15, -0.1) is 0 Å². The van der Waals surface area contributed by atoms with Gasteiger partial charge in [-0.1, -0.05) is 27.7 Å². The summed E-state index contributed by atoms with van der Waals surface area (Å²) in [4.78, 5) is 27.8. The van der Waals surface area contributed by atoms with Gasteiger partial charge in [0.15, 0.2) is 0 Å². The molecular formula is C25H41N3O3. The predicted molar refractivity (Wildman–Crippen MR) is 128 cm³/mol. The highest BCUT2D eigenvalue weighted by atomic mass is 16.5. The number of nitrogens with zero attached hydrogens (tertiary/aromatic N) is 1. The molecule has 0 radical (unpaired) electrons. The quantitative estimate of drug-likeness (QED) is 0.520. The van der Waals surface area contributed by atoms with Gasteiger partial charge in [-0.05, 0) is 61.6 Å². The van der Waals surface area contributed by atoms with Crippen molar-refractivity contribution in [3.8, 4) is 0 Å². The van der Waals surface area contributed by atoms with Crippen molar-refractivity contribution in [3.05, 3.63) is 23.8 Å². The van der Waals surface area contributed by atoms with Crippen LogP contribution in [0, 0.1) is 11.3 Å². The molecule has 0 bridgehead atoms. The molecule has 0 saturated carbocycles. The number of methoxy groups -OCH3 is 1. The third kappa shape index (κ3) is 8.90. The number of nitrogens with one attached hydrogen (secondary N) is 2. The van der Waals surface area contributed by atoms with Gasteiger partial charge < -0.3 is 20.3 Å². The van der Waals surface area contributed by atoms with E-state index in [0.29, 0.717) is 36.7 Å². The molecule has 0 aromatic heterocycles. The van der Waals surface area contributed by atoms with Crippen molar-refractivity contribution in [1.29, 1.82) is 0 Å². The van der Waals surface area contributed by atoms with E-state index in [0.717, 1.165) is 44.5 Å². The first kappa shape index (κ1) is 25.2. The maximum Gasteiger partial charge on any atom is 0.253 e. The molecule has 174 valence electrons. The first-order chi connectivity index (χ1) is 14.7. The number of rotatable bonds is 10. The largest absolute Gasteiger partial charge is 0.385 e. The van der Waals surface area contributed by atoms with Crippen LogP contribution in [0.1, 0.15) is 76.6 Å². The highest BCUT2D eigenvalue weighted by molar-refractivity contribution is 6.02. The lowest BCUT2D eigenvalue weighted by molar-refractivity contribution is -0.117. The van der Waals surface area contributed by atoms with E-state index in [4.69, 9.17) is 4.74 Å². The van der Waals surface area contributed by atoms with Gasteiger partial charge in [0.25, 0.3) is 5.91 Å². The Morgan fingerprint density at radius 2 is 1.87 bits per heavy atom. The first-order valence-electron chi connectivity index (χ1n) is 11.7. The van der Waals surface area contributed by atoms with E-state index in [2.05, 4.69) is 43.2 Å². The highest BCUT2D eigenvalue weighted by Crippen LogP contribution is 2.29. The summed E-state index contributed by atoms with van der Waals surface area (Å²) in [6.07, 6.45) is 5.74. The zero-order chi connectivity index (χ0) is 22.9. The lowest BCUT2D eigenvalue weighted by Crippen LogP contribution is -2.33. The predicted octanol–water partition coefficient (Wildman–Crippen LogP) is 4.84. The van der Waals surface area contributed by atoms with Crippen LogP contribution in [0.2, 0.25) is 0 Å². The fraction of sp³-hybridized carbons (Fsp3) is 0.680. The van der Waals surface area contributed by atoms with Crippen LogP contribution in [-0.2, 0) is 9.53 Å². The van der Waals surface area contributed by atoms with Crippen molar-refractivity contribution in [2.24, 2.45) is 11.3 Å². The third-order valence-electron chi connectivity index (χ3n) is 5.53. The van der Waals surface area contributed by atoms with Gasteiger partial charge in [-0.3, -0.25) is 9.59 Å². The number of ether oxygens (including phenoxy) is 1. The Morgan fingerprint density at radius 3 is 2.52 bits per heavy atom. The minimum Gasteiger partial charge on any atom is -0.385 e. The number of hydrogen-bond acceptors (Lipinski definition) is 4. The van der Waals surface area contributed by atoms with Crippen molar-refractivity contribution in [3.63, 3.8) is 0 Å². The first-order valence-corrected chi connectivity index (χ1v) is 11.7. The molecule has 6 nitrogen and oxygen atoms in total. The monoisotopic (exact) mass is 431 g/mol. The van der Waals surface area contributed by atoms with E-state index in [9.17, 15) is 9.59 Å². The van der Waals surface area contributed by atoms with Crippen molar-refractivity contribution < 1.29 is 14.3 Å². The maximum absolute atomic E-state index is 13.0. The summed E-state index contributed by atoms with van der Waals surface area (Å²) in [6.45, 7) is 11.8. The normalized spacial score (nSPS) is 15.5. The number of piperidine rings is 1. The number of carbonyl (C=O) groups excluding carboxylic acids is 2. The molecule has 31 heavy (non-hydrogen) atoms. The summed E-state index contributed by atoms with van der Waals surface area (Å²) >= 11 is 0. The van der Waals surface area contributed by atoms with Crippen LogP contribution in [0.3, 0.4) is 0 Å². The molecule has 1 saturated heterocycles. The molecule has 2 amide bonds. The van der Waals surface area contributed by atoms with Crippen molar-refractivity contribution in [2.45, 2.75) is 66.2 Å². The number of benzene rings is 1. The second kappa shape index (κ2) is 12.1.